The first kappa shape index (κ1) is 12.0. The van der Waals surface area contributed by atoms with Gasteiger partial charge < -0.3 is 0 Å². The fourth-order valence-corrected chi connectivity index (χ4v) is 1.47. The maximum Gasteiger partial charge on any atom is 0.422 e. The molecule has 0 aliphatic heterocycles. The van der Waals surface area contributed by atoms with E-state index in [-0.39, 0.29) is 4.47 Å². The second kappa shape index (κ2) is 4.18. The lowest BCUT2D eigenvalue weighted by atomic mass is 10.2. The summed E-state index contributed by atoms with van der Waals surface area (Å²) in [6.07, 6.45) is 0. The number of nitro groups is 3. The predicted molar refractivity (Wildman–Crippen MR) is 54.1 cm³/mol. The Balaban J connectivity index is 3.67. The maximum atomic E-state index is 10.5. The minimum absolute atomic E-state index is 0.0245. The molecule has 1 rings (SSSR count). The van der Waals surface area contributed by atoms with Crippen molar-refractivity contribution in [3.8, 4) is 0 Å². The fraction of sp³-hybridized carbons (Fsp3) is 0. The van der Waals surface area contributed by atoms with E-state index in [4.69, 9.17) is 0 Å². The highest BCUT2D eigenvalue weighted by molar-refractivity contribution is 9.10. The van der Waals surface area contributed by atoms with Gasteiger partial charge in [-0.3, -0.25) is 30.3 Å². The molecule has 1 aromatic rings. The Morgan fingerprint density at radius 1 is 0.875 bits per heavy atom. The van der Waals surface area contributed by atoms with Crippen LogP contribution >= 0.6 is 15.9 Å². The topological polar surface area (TPSA) is 129 Å². The van der Waals surface area contributed by atoms with Crippen LogP contribution in [0, 0.1) is 30.3 Å². The largest absolute Gasteiger partial charge is 0.422 e. The third-order valence-corrected chi connectivity index (χ3v) is 2.07. The Morgan fingerprint density at radius 3 is 1.50 bits per heavy atom. The standard InChI is InChI=1S/C6H2BrN3O6/c7-3-1-4(8(11)12)6(10(15)16)5(2-3)9(13)14/h1-2H. The number of hydrogen-bond acceptors (Lipinski definition) is 6. The summed E-state index contributed by atoms with van der Waals surface area (Å²) in [7, 11) is 0. The first-order valence-corrected chi connectivity index (χ1v) is 4.40. The highest BCUT2D eigenvalue weighted by Gasteiger charge is 2.36. The van der Waals surface area contributed by atoms with Crippen molar-refractivity contribution in [1.82, 2.24) is 0 Å². The normalized spacial score (nSPS) is 9.81. The second-order valence-corrected chi connectivity index (χ2v) is 3.48. The average molecular weight is 292 g/mol. The first-order chi connectivity index (χ1) is 7.34. The van der Waals surface area contributed by atoms with Crippen molar-refractivity contribution in [2.75, 3.05) is 0 Å². The van der Waals surface area contributed by atoms with Crippen LogP contribution in [-0.4, -0.2) is 14.8 Å². The Kier molecular flexibility index (Phi) is 3.13. The summed E-state index contributed by atoms with van der Waals surface area (Å²) < 4.78 is 0.0245. The molecule has 0 aliphatic rings. The molecule has 10 heteroatoms. The summed E-state index contributed by atoms with van der Waals surface area (Å²) in [5.41, 5.74) is -2.98. The monoisotopic (exact) mass is 291 g/mol. The highest BCUT2D eigenvalue weighted by atomic mass is 79.9. The minimum Gasteiger partial charge on any atom is -0.258 e. The van der Waals surface area contributed by atoms with E-state index < -0.39 is 31.8 Å². The van der Waals surface area contributed by atoms with E-state index in [9.17, 15) is 30.3 Å². The number of benzene rings is 1. The first-order valence-electron chi connectivity index (χ1n) is 3.61. The molecule has 1 aromatic carbocycles. The second-order valence-electron chi connectivity index (χ2n) is 2.56. The molecule has 84 valence electrons. The van der Waals surface area contributed by atoms with Crippen LogP contribution < -0.4 is 0 Å². The van der Waals surface area contributed by atoms with E-state index in [0.717, 1.165) is 12.1 Å². The average Bonchev–Trinajstić information content (AvgIpc) is 2.15. The van der Waals surface area contributed by atoms with Crippen molar-refractivity contribution >= 4 is 33.0 Å². The van der Waals surface area contributed by atoms with Crippen molar-refractivity contribution in [3.05, 3.63) is 46.9 Å². The van der Waals surface area contributed by atoms with Gasteiger partial charge >= 0.3 is 17.1 Å². The zero-order chi connectivity index (χ0) is 12.5. The van der Waals surface area contributed by atoms with Crippen LogP contribution in [0.3, 0.4) is 0 Å². The van der Waals surface area contributed by atoms with Gasteiger partial charge in [0.05, 0.1) is 14.8 Å². The molecule has 0 atom stereocenters. The molecule has 0 aliphatic carbocycles. The molecule has 0 unspecified atom stereocenters. The summed E-state index contributed by atoms with van der Waals surface area (Å²) in [6.45, 7) is 0. The van der Waals surface area contributed by atoms with Crippen LogP contribution in [0.2, 0.25) is 0 Å². The molecule has 0 N–H and O–H groups in total. The van der Waals surface area contributed by atoms with E-state index in [1.165, 1.54) is 0 Å². The minimum atomic E-state index is -1.15. The van der Waals surface area contributed by atoms with Gasteiger partial charge in [0.25, 0.3) is 0 Å². The van der Waals surface area contributed by atoms with Crippen molar-refractivity contribution in [2.45, 2.75) is 0 Å². The van der Waals surface area contributed by atoms with E-state index in [1.807, 2.05) is 0 Å². The third-order valence-electron chi connectivity index (χ3n) is 1.61. The van der Waals surface area contributed by atoms with E-state index in [0.29, 0.717) is 0 Å². The molecule has 0 bridgehead atoms. The summed E-state index contributed by atoms with van der Waals surface area (Å²) >= 11 is 2.80. The molecule has 0 amide bonds. The van der Waals surface area contributed by atoms with Crippen LogP contribution in [0.15, 0.2) is 16.6 Å². The van der Waals surface area contributed by atoms with E-state index in [1.54, 1.807) is 0 Å². The quantitative estimate of drug-likeness (QED) is 0.619. The molecule has 0 saturated heterocycles. The molecule has 0 spiro atoms. The van der Waals surface area contributed by atoms with E-state index in [2.05, 4.69) is 15.9 Å². The van der Waals surface area contributed by atoms with Crippen molar-refractivity contribution in [1.29, 1.82) is 0 Å². The van der Waals surface area contributed by atoms with Gasteiger partial charge in [-0.2, -0.15) is 0 Å². The van der Waals surface area contributed by atoms with Gasteiger partial charge in [0.15, 0.2) is 0 Å². The number of nitro benzene ring substituents is 3. The van der Waals surface area contributed by atoms with Crippen LogP contribution in [0.5, 0.6) is 0 Å². The number of nitrogens with zero attached hydrogens (tertiary/aromatic N) is 3. The van der Waals surface area contributed by atoms with Gasteiger partial charge in [0, 0.05) is 16.6 Å². The molecule has 0 aromatic heterocycles. The molecular weight excluding hydrogens is 290 g/mol. The smallest absolute Gasteiger partial charge is 0.258 e. The Hall–Kier alpha value is -2.10. The van der Waals surface area contributed by atoms with Gasteiger partial charge in [-0.25, -0.2) is 0 Å². The van der Waals surface area contributed by atoms with Crippen LogP contribution in [0.4, 0.5) is 17.1 Å². The lowest BCUT2D eigenvalue weighted by Crippen LogP contribution is -2.01. The molecule has 0 fully saturated rings. The van der Waals surface area contributed by atoms with Gasteiger partial charge in [-0.15, -0.1) is 0 Å². The van der Waals surface area contributed by atoms with Gasteiger partial charge in [-0.1, -0.05) is 15.9 Å². The van der Waals surface area contributed by atoms with Crippen molar-refractivity contribution < 1.29 is 14.8 Å². The summed E-state index contributed by atoms with van der Waals surface area (Å²) in [6, 6.07) is 1.68. The molecular formula is C6H2BrN3O6. The summed E-state index contributed by atoms with van der Waals surface area (Å²) in [5.74, 6) is 0. The predicted octanol–water partition coefficient (Wildman–Crippen LogP) is 2.17. The lowest BCUT2D eigenvalue weighted by molar-refractivity contribution is -0.441. The number of rotatable bonds is 3. The lowest BCUT2D eigenvalue weighted by Gasteiger charge is -1.97. The summed E-state index contributed by atoms with van der Waals surface area (Å²) in [5, 5.41) is 31.6. The molecule has 16 heavy (non-hydrogen) atoms. The van der Waals surface area contributed by atoms with Gasteiger partial charge in [0.1, 0.15) is 0 Å². The fourth-order valence-electron chi connectivity index (χ4n) is 1.04. The molecule has 9 nitrogen and oxygen atoms in total. The molecule has 0 radical (unpaired) electrons. The molecule has 0 saturated carbocycles. The Labute approximate surface area is 95.3 Å². The summed E-state index contributed by atoms with van der Waals surface area (Å²) in [4.78, 5) is 28.3. The third kappa shape index (κ3) is 2.11. The van der Waals surface area contributed by atoms with Gasteiger partial charge in [0.2, 0.25) is 0 Å². The Morgan fingerprint density at radius 2 is 1.25 bits per heavy atom. The zero-order valence-electron chi connectivity index (χ0n) is 7.32. The van der Waals surface area contributed by atoms with Crippen LogP contribution in [0.1, 0.15) is 0 Å². The highest BCUT2D eigenvalue weighted by Crippen LogP contribution is 2.38. The number of hydrogen-bond donors (Lipinski definition) is 0. The van der Waals surface area contributed by atoms with E-state index >= 15 is 0 Å². The number of halogens is 1. The zero-order valence-corrected chi connectivity index (χ0v) is 8.91. The van der Waals surface area contributed by atoms with Crippen molar-refractivity contribution in [3.63, 3.8) is 0 Å². The SMILES string of the molecule is O=[N+]([O-])c1cc(Br)cc([N+](=O)[O-])c1[N+](=O)[O-]. The van der Waals surface area contributed by atoms with Gasteiger partial charge in [-0.05, 0) is 0 Å². The Bertz CT molecular complexity index is 466. The van der Waals surface area contributed by atoms with Crippen molar-refractivity contribution in [2.24, 2.45) is 0 Å². The van der Waals surface area contributed by atoms with Crippen LogP contribution in [0.25, 0.3) is 0 Å². The molecule has 0 heterocycles. The maximum absolute atomic E-state index is 10.5. The van der Waals surface area contributed by atoms with Crippen LogP contribution in [-0.2, 0) is 0 Å².